The zero-order valence-electron chi connectivity index (χ0n) is 11.1. The van der Waals surface area contributed by atoms with E-state index in [4.69, 9.17) is 0 Å². The van der Waals surface area contributed by atoms with Crippen molar-refractivity contribution in [3.05, 3.63) is 41.5 Å². The topological polar surface area (TPSA) is 37.8 Å². The molecule has 0 radical (unpaired) electrons. The Hall–Kier alpha value is -2.01. The summed E-state index contributed by atoms with van der Waals surface area (Å²) in [6, 6.07) is 8.56. The normalized spacial score (nSPS) is 10.9. The molecule has 2 aromatic heterocycles. The molecule has 20 heavy (non-hydrogen) atoms. The van der Waals surface area contributed by atoms with Crippen LogP contribution in [0.25, 0.3) is 21.6 Å². The molecule has 0 unspecified atom stereocenters. The number of nitrogens with zero attached hydrogens (tertiary/aromatic N) is 2. The van der Waals surface area contributed by atoms with E-state index in [2.05, 4.69) is 22.2 Å². The number of thiophene rings is 1. The number of aromatic nitrogens is 2. The molecule has 1 aromatic carbocycles. The van der Waals surface area contributed by atoms with Crippen LogP contribution in [0.1, 0.15) is 13.3 Å². The van der Waals surface area contributed by atoms with Crippen LogP contribution in [0.4, 0.5) is 10.2 Å². The van der Waals surface area contributed by atoms with E-state index >= 15 is 0 Å². The highest BCUT2D eigenvalue weighted by Gasteiger charge is 2.10. The van der Waals surface area contributed by atoms with Gasteiger partial charge in [-0.15, -0.1) is 11.3 Å². The number of benzene rings is 1. The summed E-state index contributed by atoms with van der Waals surface area (Å²) in [5.74, 6) is 1.10. The molecule has 0 saturated carbocycles. The van der Waals surface area contributed by atoms with Gasteiger partial charge in [0.25, 0.3) is 0 Å². The van der Waals surface area contributed by atoms with Gasteiger partial charge in [0, 0.05) is 11.9 Å². The van der Waals surface area contributed by atoms with Gasteiger partial charge in [0.1, 0.15) is 11.6 Å². The number of hydrogen-bond donors (Lipinski definition) is 1. The summed E-state index contributed by atoms with van der Waals surface area (Å²) < 4.78 is 13.4. The number of fused-ring (bicyclic) bond motifs is 1. The summed E-state index contributed by atoms with van der Waals surface area (Å²) in [4.78, 5) is 10.1. The summed E-state index contributed by atoms with van der Waals surface area (Å²) in [6.45, 7) is 2.88. The second-order valence-corrected chi connectivity index (χ2v) is 5.41. The van der Waals surface area contributed by atoms with Crippen LogP contribution >= 0.6 is 11.3 Å². The van der Waals surface area contributed by atoms with Gasteiger partial charge in [-0.3, -0.25) is 0 Å². The average Bonchev–Trinajstić information content (AvgIpc) is 2.99. The first-order valence-electron chi connectivity index (χ1n) is 6.53. The molecular formula is C15H14FN3S. The Morgan fingerprint density at radius 1 is 1.25 bits per heavy atom. The Labute approximate surface area is 120 Å². The first-order valence-corrected chi connectivity index (χ1v) is 7.41. The zero-order valence-corrected chi connectivity index (χ0v) is 11.9. The Morgan fingerprint density at radius 3 is 2.90 bits per heavy atom. The first kappa shape index (κ1) is 13.0. The second-order valence-electron chi connectivity index (χ2n) is 4.46. The van der Waals surface area contributed by atoms with Crippen molar-refractivity contribution in [2.75, 3.05) is 11.9 Å². The third kappa shape index (κ3) is 2.49. The lowest BCUT2D eigenvalue weighted by atomic mass is 10.2. The number of halogens is 1. The van der Waals surface area contributed by atoms with Crippen LogP contribution in [0.3, 0.4) is 0 Å². The van der Waals surface area contributed by atoms with Gasteiger partial charge in [0.15, 0.2) is 5.82 Å². The lowest BCUT2D eigenvalue weighted by Gasteiger charge is -2.09. The van der Waals surface area contributed by atoms with Crippen LogP contribution in [0.15, 0.2) is 35.7 Å². The minimum Gasteiger partial charge on any atom is -0.369 e. The van der Waals surface area contributed by atoms with Gasteiger partial charge in [-0.25, -0.2) is 14.4 Å². The van der Waals surface area contributed by atoms with Crippen molar-refractivity contribution in [2.24, 2.45) is 0 Å². The van der Waals surface area contributed by atoms with E-state index in [0.29, 0.717) is 11.6 Å². The lowest BCUT2D eigenvalue weighted by molar-refractivity contribution is 0.629. The van der Waals surface area contributed by atoms with Gasteiger partial charge in [-0.2, -0.15) is 0 Å². The summed E-state index contributed by atoms with van der Waals surface area (Å²) in [7, 11) is 0. The zero-order chi connectivity index (χ0) is 13.9. The highest BCUT2D eigenvalue weighted by Crippen LogP contribution is 2.27. The maximum Gasteiger partial charge on any atom is 0.172 e. The van der Waals surface area contributed by atoms with E-state index in [0.717, 1.165) is 28.7 Å². The van der Waals surface area contributed by atoms with E-state index in [1.54, 1.807) is 17.4 Å². The maximum atomic E-state index is 13.4. The van der Waals surface area contributed by atoms with Gasteiger partial charge in [0.05, 0.1) is 10.4 Å². The molecule has 0 saturated heterocycles. The van der Waals surface area contributed by atoms with E-state index < -0.39 is 0 Å². The summed E-state index contributed by atoms with van der Waals surface area (Å²) >= 11 is 1.59. The van der Waals surface area contributed by atoms with Crippen LogP contribution in [0, 0.1) is 5.82 Å². The number of anilines is 1. The monoisotopic (exact) mass is 287 g/mol. The highest BCUT2D eigenvalue weighted by molar-refractivity contribution is 7.13. The van der Waals surface area contributed by atoms with Crippen LogP contribution in [-0.2, 0) is 0 Å². The molecule has 3 rings (SSSR count). The van der Waals surface area contributed by atoms with Crippen LogP contribution < -0.4 is 5.32 Å². The van der Waals surface area contributed by atoms with Crippen molar-refractivity contribution < 1.29 is 4.39 Å². The summed E-state index contributed by atoms with van der Waals surface area (Å²) in [6.07, 6.45) is 0.981. The third-order valence-electron chi connectivity index (χ3n) is 2.94. The SMILES string of the molecule is CCCNc1nc(-c2cccs2)nc2ccc(F)cc12. The van der Waals surface area contributed by atoms with E-state index in [-0.39, 0.29) is 5.82 Å². The average molecular weight is 287 g/mol. The third-order valence-corrected chi connectivity index (χ3v) is 3.81. The fourth-order valence-electron chi connectivity index (χ4n) is 1.99. The molecule has 1 N–H and O–H groups in total. The van der Waals surface area contributed by atoms with E-state index in [9.17, 15) is 4.39 Å². The second kappa shape index (κ2) is 5.54. The molecule has 0 fully saturated rings. The Morgan fingerprint density at radius 2 is 2.15 bits per heavy atom. The largest absolute Gasteiger partial charge is 0.369 e. The Balaban J connectivity index is 2.17. The Bertz CT molecular complexity index is 725. The molecule has 3 aromatic rings. The predicted molar refractivity (Wildman–Crippen MR) is 81.6 cm³/mol. The maximum absolute atomic E-state index is 13.4. The molecule has 0 amide bonds. The summed E-state index contributed by atoms with van der Waals surface area (Å²) in [5.41, 5.74) is 0.753. The molecule has 5 heteroatoms. The molecule has 0 aliphatic rings. The van der Waals surface area contributed by atoms with Crippen molar-refractivity contribution >= 4 is 28.1 Å². The lowest BCUT2D eigenvalue weighted by Crippen LogP contribution is -2.04. The fourth-order valence-corrected chi connectivity index (χ4v) is 2.65. The molecule has 0 aliphatic carbocycles. The quantitative estimate of drug-likeness (QED) is 0.776. The number of hydrogen-bond acceptors (Lipinski definition) is 4. The molecule has 2 heterocycles. The van der Waals surface area contributed by atoms with Gasteiger partial charge in [0.2, 0.25) is 0 Å². The predicted octanol–water partition coefficient (Wildman–Crippen LogP) is 4.32. The molecule has 0 bridgehead atoms. The van der Waals surface area contributed by atoms with Gasteiger partial charge in [-0.05, 0) is 36.1 Å². The summed E-state index contributed by atoms with van der Waals surface area (Å²) in [5, 5.41) is 5.97. The van der Waals surface area contributed by atoms with Crippen LogP contribution in [0.5, 0.6) is 0 Å². The van der Waals surface area contributed by atoms with E-state index in [1.807, 2.05) is 17.5 Å². The molecule has 3 nitrogen and oxygen atoms in total. The van der Waals surface area contributed by atoms with Crippen molar-refractivity contribution in [1.29, 1.82) is 0 Å². The molecule has 0 atom stereocenters. The molecule has 0 aliphatic heterocycles. The van der Waals surface area contributed by atoms with Crippen molar-refractivity contribution in [1.82, 2.24) is 9.97 Å². The minimum atomic E-state index is -0.274. The minimum absolute atomic E-state index is 0.274. The van der Waals surface area contributed by atoms with Crippen molar-refractivity contribution in [3.63, 3.8) is 0 Å². The van der Waals surface area contributed by atoms with Crippen LogP contribution in [0.2, 0.25) is 0 Å². The smallest absolute Gasteiger partial charge is 0.172 e. The Kier molecular flexibility index (Phi) is 3.60. The molecule has 0 spiro atoms. The highest BCUT2D eigenvalue weighted by atomic mass is 32.1. The standard InChI is InChI=1S/C15H14FN3S/c1-2-7-17-14-11-9-10(16)5-6-12(11)18-15(19-14)13-4-3-8-20-13/h3-6,8-9H,2,7H2,1H3,(H,17,18,19). The van der Waals surface area contributed by atoms with Crippen molar-refractivity contribution in [3.8, 4) is 10.7 Å². The van der Waals surface area contributed by atoms with Crippen molar-refractivity contribution in [2.45, 2.75) is 13.3 Å². The van der Waals surface area contributed by atoms with Gasteiger partial charge >= 0.3 is 0 Å². The van der Waals surface area contributed by atoms with Crippen LogP contribution in [-0.4, -0.2) is 16.5 Å². The fraction of sp³-hybridized carbons (Fsp3) is 0.200. The van der Waals surface area contributed by atoms with Gasteiger partial charge in [-0.1, -0.05) is 13.0 Å². The molecule has 102 valence electrons. The first-order chi connectivity index (χ1) is 9.78. The van der Waals surface area contributed by atoms with Gasteiger partial charge < -0.3 is 5.32 Å². The number of rotatable bonds is 4. The molecular weight excluding hydrogens is 273 g/mol. The van der Waals surface area contributed by atoms with E-state index in [1.165, 1.54) is 12.1 Å². The number of nitrogens with one attached hydrogen (secondary N) is 1.